The largest absolute Gasteiger partial charge is 0.312 e. The summed E-state index contributed by atoms with van der Waals surface area (Å²) in [5.41, 5.74) is 3.11. The molecule has 1 heterocycles. The Morgan fingerprint density at radius 1 is 1.50 bits per heavy atom. The van der Waals surface area contributed by atoms with Gasteiger partial charge in [0.2, 0.25) is 0 Å². The van der Waals surface area contributed by atoms with Gasteiger partial charge in [0.15, 0.2) is 0 Å². The number of nitrogens with one attached hydrogen (secondary N) is 1. The molecule has 0 saturated heterocycles. The Balaban J connectivity index is 2.33. The highest BCUT2D eigenvalue weighted by atomic mass is 32.1. The first-order valence-corrected chi connectivity index (χ1v) is 6.85. The highest BCUT2D eigenvalue weighted by molar-refractivity contribution is 7.09. The van der Waals surface area contributed by atoms with Gasteiger partial charge in [-0.2, -0.15) is 0 Å². The molecular formula is C13H22N2S. The van der Waals surface area contributed by atoms with Crippen molar-refractivity contribution in [3.8, 4) is 0 Å². The second-order valence-corrected chi connectivity index (χ2v) is 4.96. The molecule has 0 aliphatic rings. The third kappa shape index (κ3) is 4.06. The van der Waals surface area contributed by atoms with Crippen molar-refractivity contribution in [2.24, 2.45) is 0 Å². The molecule has 1 aromatic heterocycles. The Hall–Kier alpha value is -0.670. The van der Waals surface area contributed by atoms with Crippen LogP contribution in [0.2, 0.25) is 0 Å². The van der Waals surface area contributed by atoms with E-state index < -0.39 is 0 Å². The Kier molecular flexibility index (Phi) is 6.34. The Bertz CT molecular complexity index is 307. The van der Waals surface area contributed by atoms with Gasteiger partial charge in [-0.15, -0.1) is 17.9 Å². The van der Waals surface area contributed by atoms with E-state index in [1.54, 1.807) is 11.3 Å². The molecule has 0 aliphatic carbocycles. The van der Waals surface area contributed by atoms with Crippen molar-refractivity contribution in [3.05, 3.63) is 28.7 Å². The van der Waals surface area contributed by atoms with Gasteiger partial charge in [0, 0.05) is 10.9 Å². The fourth-order valence-corrected chi connectivity index (χ4v) is 2.81. The van der Waals surface area contributed by atoms with Gasteiger partial charge < -0.3 is 5.32 Å². The summed E-state index contributed by atoms with van der Waals surface area (Å²) in [6.07, 6.45) is 8.18. The van der Waals surface area contributed by atoms with Crippen molar-refractivity contribution < 1.29 is 0 Å². The molecule has 1 atom stereocenters. The zero-order chi connectivity index (χ0) is 11.8. The number of hydrogen-bond acceptors (Lipinski definition) is 3. The van der Waals surface area contributed by atoms with Crippen LogP contribution in [0.25, 0.3) is 0 Å². The number of thiazole rings is 1. The number of unbranched alkanes of at least 4 members (excludes halogenated alkanes) is 3. The lowest BCUT2D eigenvalue weighted by atomic mass is 10.1. The summed E-state index contributed by atoms with van der Waals surface area (Å²) < 4.78 is 0. The third-order valence-electron chi connectivity index (χ3n) is 2.85. The van der Waals surface area contributed by atoms with E-state index in [1.807, 2.05) is 18.6 Å². The molecule has 0 radical (unpaired) electrons. The van der Waals surface area contributed by atoms with E-state index >= 15 is 0 Å². The van der Waals surface area contributed by atoms with Gasteiger partial charge in [0.25, 0.3) is 0 Å². The molecule has 0 aromatic carbocycles. The summed E-state index contributed by atoms with van der Waals surface area (Å²) in [6, 6.07) is 0.483. The second kappa shape index (κ2) is 7.58. The normalized spacial score (nSPS) is 12.6. The van der Waals surface area contributed by atoms with Crippen LogP contribution in [0.1, 0.15) is 48.7 Å². The zero-order valence-electron chi connectivity index (χ0n) is 10.3. The molecule has 0 spiro atoms. The summed E-state index contributed by atoms with van der Waals surface area (Å²) >= 11 is 1.76. The number of allylic oxidation sites excluding steroid dienone is 1. The van der Waals surface area contributed by atoms with Crippen molar-refractivity contribution in [2.45, 2.75) is 45.1 Å². The smallest absolute Gasteiger partial charge is 0.0798 e. The molecule has 1 rings (SSSR count). The maximum absolute atomic E-state index is 4.31. The maximum atomic E-state index is 4.31. The van der Waals surface area contributed by atoms with Crippen molar-refractivity contribution >= 4 is 11.3 Å². The fraction of sp³-hybridized carbons (Fsp3) is 0.615. The van der Waals surface area contributed by atoms with Gasteiger partial charge >= 0.3 is 0 Å². The van der Waals surface area contributed by atoms with Gasteiger partial charge in [-0.25, -0.2) is 4.98 Å². The summed E-state index contributed by atoms with van der Waals surface area (Å²) in [5, 5.41) is 3.39. The average Bonchev–Trinajstić information content (AvgIpc) is 2.70. The number of nitrogens with zero attached hydrogens (tertiary/aromatic N) is 1. The van der Waals surface area contributed by atoms with E-state index in [-0.39, 0.29) is 0 Å². The van der Waals surface area contributed by atoms with Gasteiger partial charge in [-0.1, -0.05) is 18.9 Å². The highest BCUT2D eigenvalue weighted by Gasteiger charge is 2.13. The van der Waals surface area contributed by atoms with Crippen LogP contribution in [-0.4, -0.2) is 12.0 Å². The molecule has 16 heavy (non-hydrogen) atoms. The molecular weight excluding hydrogens is 216 g/mol. The van der Waals surface area contributed by atoms with E-state index in [0.29, 0.717) is 6.04 Å². The Labute approximate surface area is 103 Å². The first kappa shape index (κ1) is 13.4. The van der Waals surface area contributed by atoms with Gasteiger partial charge in [-0.05, 0) is 33.2 Å². The van der Waals surface area contributed by atoms with Crippen molar-refractivity contribution in [1.29, 1.82) is 0 Å². The van der Waals surface area contributed by atoms with Crippen LogP contribution >= 0.6 is 11.3 Å². The average molecular weight is 238 g/mol. The number of aromatic nitrogens is 1. The summed E-state index contributed by atoms with van der Waals surface area (Å²) in [6.45, 7) is 5.83. The Morgan fingerprint density at radius 2 is 2.31 bits per heavy atom. The molecule has 0 amide bonds. The summed E-state index contributed by atoms with van der Waals surface area (Å²) in [5.74, 6) is 0. The predicted molar refractivity (Wildman–Crippen MR) is 71.9 cm³/mol. The minimum absolute atomic E-state index is 0.483. The summed E-state index contributed by atoms with van der Waals surface area (Å²) in [4.78, 5) is 5.70. The number of hydrogen-bond donors (Lipinski definition) is 1. The SMILES string of the molecule is C=CCCCCCC(NC)c1scnc1C. The quantitative estimate of drug-likeness (QED) is 0.549. The van der Waals surface area contributed by atoms with E-state index in [2.05, 4.69) is 23.8 Å². The van der Waals surface area contributed by atoms with Crippen LogP contribution in [0.5, 0.6) is 0 Å². The second-order valence-electron chi connectivity index (χ2n) is 4.07. The lowest BCUT2D eigenvalue weighted by Crippen LogP contribution is -2.16. The van der Waals surface area contributed by atoms with Crippen molar-refractivity contribution in [1.82, 2.24) is 10.3 Å². The van der Waals surface area contributed by atoms with Crippen LogP contribution in [0, 0.1) is 6.92 Å². The number of aryl methyl sites for hydroxylation is 1. The molecule has 1 aromatic rings. The van der Waals surface area contributed by atoms with Crippen molar-refractivity contribution in [2.75, 3.05) is 7.05 Å². The minimum Gasteiger partial charge on any atom is -0.312 e. The van der Waals surface area contributed by atoms with Crippen LogP contribution in [0.3, 0.4) is 0 Å². The third-order valence-corrected chi connectivity index (χ3v) is 3.89. The maximum Gasteiger partial charge on any atom is 0.0798 e. The van der Waals surface area contributed by atoms with E-state index in [0.717, 1.165) is 6.42 Å². The molecule has 1 unspecified atom stereocenters. The van der Waals surface area contributed by atoms with Crippen LogP contribution in [0.4, 0.5) is 0 Å². The van der Waals surface area contributed by atoms with Crippen LogP contribution in [0.15, 0.2) is 18.2 Å². The standard InChI is InChI=1S/C13H22N2S/c1-4-5-6-7-8-9-12(14-3)13-11(2)15-10-16-13/h4,10,12,14H,1,5-9H2,2-3H3. The molecule has 0 aliphatic heterocycles. The van der Waals surface area contributed by atoms with Gasteiger partial charge in [0.05, 0.1) is 11.2 Å². The monoisotopic (exact) mass is 238 g/mol. The molecule has 2 nitrogen and oxygen atoms in total. The minimum atomic E-state index is 0.483. The Morgan fingerprint density at radius 3 is 2.88 bits per heavy atom. The van der Waals surface area contributed by atoms with E-state index in [1.165, 1.54) is 36.3 Å². The topological polar surface area (TPSA) is 24.9 Å². The molecule has 0 bridgehead atoms. The lowest BCUT2D eigenvalue weighted by molar-refractivity contribution is 0.512. The number of rotatable bonds is 8. The van der Waals surface area contributed by atoms with Gasteiger partial charge in [0.1, 0.15) is 0 Å². The fourth-order valence-electron chi connectivity index (χ4n) is 1.87. The molecule has 0 fully saturated rings. The van der Waals surface area contributed by atoms with Gasteiger partial charge in [-0.3, -0.25) is 0 Å². The van der Waals surface area contributed by atoms with Crippen LogP contribution < -0.4 is 5.32 Å². The molecule has 1 N–H and O–H groups in total. The summed E-state index contributed by atoms with van der Waals surface area (Å²) in [7, 11) is 2.04. The highest BCUT2D eigenvalue weighted by Crippen LogP contribution is 2.25. The first-order valence-electron chi connectivity index (χ1n) is 5.97. The molecule has 90 valence electrons. The van der Waals surface area contributed by atoms with Crippen molar-refractivity contribution in [3.63, 3.8) is 0 Å². The molecule has 0 saturated carbocycles. The van der Waals surface area contributed by atoms with Crippen LogP contribution in [-0.2, 0) is 0 Å². The molecule has 3 heteroatoms. The predicted octanol–water partition coefficient (Wildman–Crippen LogP) is 3.85. The van der Waals surface area contributed by atoms with E-state index in [9.17, 15) is 0 Å². The van der Waals surface area contributed by atoms with E-state index in [4.69, 9.17) is 0 Å². The lowest BCUT2D eigenvalue weighted by Gasteiger charge is -2.14. The first-order chi connectivity index (χ1) is 7.79. The zero-order valence-corrected chi connectivity index (χ0v) is 11.1.